The van der Waals surface area contributed by atoms with Gasteiger partial charge in [0.25, 0.3) is 11.8 Å². The van der Waals surface area contributed by atoms with Crippen LogP contribution in [0.1, 0.15) is 50.2 Å². The number of aryl methyl sites for hydroxylation is 1. The Hall–Kier alpha value is -4.32. The number of rotatable bonds is 8. The van der Waals surface area contributed by atoms with Crippen molar-refractivity contribution in [1.82, 2.24) is 14.8 Å². The van der Waals surface area contributed by atoms with Gasteiger partial charge in [-0.3, -0.25) is 24.3 Å². The van der Waals surface area contributed by atoms with Crippen LogP contribution in [0.25, 0.3) is 10.8 Å². The molecule has 0 fully saturated rings. The first-order chi connectivity index (χ1) is 17.5. The summed E-state index contributed by atoms with van der Waals surface area (Å²) in [7, 11) is 0. The van der Waals surface area contributed by atoms with E-state index in [0.717, 1.165) is 22.1 Å². The molecule has 0 bridgehead atoms. The number of benzene rings is 3. The number of imide groups is 1. The molecule has 0 radical (unpaired) electrons. The number of carbonyl (C=O) groups is 3. The van der Waals surface area contributed by atoms with Gasteiger partial charge in [-0.25, -0.2) is 0 Å². The summed E-state index contributed by atoms with van der Waals surface area (Å²) < 4.78 is 0. The summed E-state index contributed by atoms with van der Waals surface area (Å²) in [5.74, 6) is -0.630. The van der Waals surface area contributed by atoms with Gasteiger partial charge in [0.15, 0.2) is 0 Å². The van der Waals surface area contributed by atoms with Crippen molar-refractivity contribution in [2.45, 2.75) is 32.9 Å². The minimum absolute atomic E-state index is 0.0264. The first-order valence-electron chi connectivity index (χ1n) is 12.1. The van der Waals surface area contributed by atoms with E-state index in [2.05, 4.69) is 4.98 Å². The summed E-state index contributed by atoms with van der Waals surface area (Å²) in [5.41, 5.74) is 4.23. The van der Waals surface area contributed by atoms with E-state index in [1.807, 2.05) is 72.5 Å². The van der Waals surface area contributed by atoms with E-state index < -0.39 is 0 Å². The van der Waals surface area contributed by atoms with Gasteiger partial charge in [0.1, 0.15) is 0 Å². The van der Waals surface area contributed by atoms with E-state index in [1.165, 1.54) is 4.90 Å². The van der Waals surface area contributed by atoms with Crippen molar-refractivity contribution < 1.29 is 14.4 Å². The number of amides is 3. The Bertz CT molecular complexity index is 1400. The highest BCUT2D eigenvalue weighted by atomic mass is 16.2. The van der Waals surface area contributed by atoms with Crippen LogP contribution in [0, 0.1) is 6.92 Å². The molecule has 0 atom stereocenters. The number of nitrogens with zero attached hydrogens (tertiary/aromatic N) is 3. The Morgan fingerprint density at radius 2 is 1.58 bits per heavy atom. The molecule has 0 saturated carbocycles. The Balaban J connectivity index is 1.29. The summed E-state index contributed by atoms with van der Waals surface area (Å²) in [5, 5.41) is 1.59. The van der Waals surface area contributed by atoms with Crippen LogP contribution in [0.2, 0.25) is 0 Å². The van der Waals surface area contributed by atoms with Crippen LogP contribution in [0.15, 0.2) is 85.2 Å². The van der Waals surface area contributed by atoms with Gasteiger partial charge in [-0.15, -0.1) is 0 Å². The lowest BCUT2D eigenvalue weighted by Gasteiger charge is -2.28. The average molecular weight is 478 g/mol. The quantitative estimate of drug-likeness (QED) is 0.329. The van der Waals surface area contributed by atoms with Crippen molar-refractivity contribution in [2.75, 3.05) is 6.54 Å². The fourth-order valence-corrected chi connectivity index (χ4v) is 4.77. The summed E-state index contributed by atoms with van der Waals surface area (Å²) in [6, 6.07) is 22.8. The summed E-state index contributed by atoms with van der Waals surface area (Å²) in [6.07, 6.45) is 4.10. The Morgan fingerprint density at radius 1 is 0.861 bits per heavy atom. The number of pyridine rings is 1. The molecule has 1 aliphatic rings. The van der Waals surface area contributed by atoms with Gasteiger partial charge in [0, 0.05) is 55.0 Å². The maximum Gasteiger partial charge on any atom is 0.261 e. The van der Waals surface area contributed by atoms with Gasteiger partial charge in [-0.1, -0.05) is 54.6 Å². The van der Waals surface area contributed by atoms with Gasteiger partial charge >= 0.3 is 0 Å². The van der Waals surface area contributed by atoms with Crippen molar-refractivity contribution in [2.24, 2.45) is 0 Å². The molecule has 0 unspecified atom stereocenters. The van der Waals surface area contributed by atoms with Crippen molar-refractivity contribution in [1.29, 1.82) is 0 Å². The van der Waals surface area contributed by atoms with Crippen LogP contribution in [-0.4, -0.2) is 39.1 Å². The lowest BCUT2D eigenvalue weighted by Crippen LogP contribution is -2.41. The van der Waals surface area contributed by atoms with Gasteiger partial charge in [-0.05, 0) is 53.6 Å². The molecule has 4 aromatic rings. The highest BCUT2D eigenvalue weighted by molar-refractivity contribution is 6.25. The van der Waals surface area contributed by atoms with Gasteiger partial charge < -0.3 is 4.90 Å². The minimum atomic E-state index is -0.302. The zero-order chi connectivity index (χ0) is 25.1. The molecule has 6 heteroatoms. The first kappa shape index (κ1) is 23.4. The fourth-order valence-electron chi connectivity index (χ4n) is 4.77. The smallest absolute Gasteiger partial charge is 0.261 e. The first-order valence-corrected chi connectivity index (χ1v) is 12.1. The van der Waals surface area contributed by atoms with Crippen LogP contribution in [0.5, 0.6) is 0 Å². The molecule has 2 heterocycles. The number of aromatic nitrogens is 1. The van der Waals surface area contributed by atoms with Crippen LogP contribution < -0.4 is 0 Å². The molecular weight excluding hydrogens is 450 g/mol. The zero-order valence-electron chi connectivity index (χ0n) is 20.2. The van der Waals surface area contributed by atoms with Crippen LogP contribution in [0.3, 0.4) is 0 Å². The number of hydrogen-bond donors (Lipinski definition) is 0. The summed E-state index contributed by atoms with van der Waals surface area (Å²) in [6.45, 7) is 3.16. The normalized spacial score (nSPS) is 12.8. The molecule has 1 aliphatic heterocycles. The predicted molar refractivity (Wildman–Crippen MR) is 138 cm³/mol. The maximum atomic E-state index is 13.3. The van der Waals surface area contributed by atoms with Crippen molar-refractivity contribution in [3.63, 3.8) is 0 Å². The summed E-state index contributed by atoms with van der Waals surface area (Å²) in [4.78, 5) is 46.9. The van der Waals surface area contributed by atoms with E-state index in [1.54, 1.807) is 24.5 Å². The molecule has 36 heavy (non-hydrogen) atoms. The van der Waals surface area contributed by atoms with Crippen LogP contribution >= 0.6 is 0 Å². The van der Waals surface area contributed by atoms with Gasteiger partial charge in [0.2, 0.25) is 5.91 Å². The molecule has 3 amide bonds. The molecule has 0 aliphatic carbocycles. The molecule has 3 aromatic carbocycles. The third-order valence-corrected chi connectivity index (χ3v) is 6.70. The summed E-state index contributed by atoms with van der Waals surface area (Å²) >= 11 is 0. The maximum absolute atomic E-state index is 13.3. The average Bonchev–Trinajstić information content (AvgIpc) is 2.90. The lowest BCUT2D eigenvalue weighted by molar-refractivity contribution is -0.132. The van der Waals surface area contributed by atoms with Gasteiger partial charge in [-0.2, -0.15) is 0 Å². The number of hydrogen-bond acceptors (Lipinski definition) is 4. The van der Waals surface area contributed by atoms with Crippen LogP contribution in [0.4, 0.5) is 0 Å². The van der Waals surface area contributed by atoms with Gasteiger partial charge in [0.05, 0.1) is 0 Å². The molecular formula is C30H27N3O3. The van der Waals surface area contributed by atoms with Crippen LogP contribution in [-0.2, 0) is 17.9 Å². The van der Waals surface area contributed by atoms with E-state index in [4.69, 9.17) is 0 Å². The van der Waals surface area contributed by atoms with E-state index in [-0.39, 0.29) is 30.7 Å². The highest BCUT2D eigenvalue weighted by Gasteiger charge is 2.32. The second-order valence-electron chi connectivity index (χ2n) is 9.11. The van der Waals surface area contributed by atoms with E-state index in [9.17, 15) is 14.4 Å². The molecule has 5 rings (SSSR count). The largest absolute Gasteiger partial charge is 0.334 e. The Morgan fingerprint density at radius 3 is 2.25 bits per heavy atom. The Labute approximate surface area is 210 Å². The van der Waals surface area contributed by atoms with E-state index in [0.29, 0.717) is 36.0 Å². The van der Waals surface area contributed by atoms with Crippen molar-refractivity contribution in [3.8, 4) is 0 Å². The topological polar surface area (TPSA) is 70.6 Å². The van der Waals surface area contributed by atoms with E-state index >= 15 is 0 Å². The van der Waals surface area contributed by atoms with Crippen molar-refractivity contribution in [3.05, 3.63) is 113 Å². The lowest BCUT2D eigenvalue weighted by atomic mass is 9.94. The molecule has 1 aromatic heterocycles. The Kier molecular flexibility index (Phi) is 6.58. The molecule has 0 N–H and O–H groups in total. The van der Waals surface area contributed by atoms with Crippen molar-refractivity contribution >= 4 is 28.5 Å². The standard InChI is InChI=1S/C30H27N3O3/c1-21-8-2-3-10-24(21)20-32(19-22-9-6-16-31-18-22)27(34)15-7-17-33-29(35)25-13-4-11-23-12-5-14-26(28(23)25)30(33)36/h2-6,8-14,16,18H,7,15,17,19-20H2,1H3. The fraction of sp³-hybridized carbons (Fsp3) is 0.200. The highest BCUT2D eigenvalue weighted by Crippen LogP contribution is 2.30. The molecule has 6 nitrogen and oxygen atoms in total. The molecule has 0 spiro atoms. The zero-order valence-corrected chi connectivity index (χ0v) is 20.2. The second kappa shape index (κ2) is 10.1. The second-order valence-corrected chi connectivity index (χ2v) is 9.11. The number of carbonyl (C=O) groups excluding carboxylic acids is 3. The SMILES string of the molecule is Cc1ccccc1CN(Cc1cccnc1)C(=O)CCCN1C(=O)c2cccc3cccc(c23)C1=O. The third kappa shape index (κ3) is 4.62. The predicted octanol–water partition coefficient (Wildman–Crippen LogP) is 5.15. The molecule has 180 valence electrons. The molecule has 0 saturated heterocycles. The minimum Gasteiger partial charge on any atom is -0.334 e. The third-order valence-electron chi connectivity index (χ3n) is 6.70. The monoisotopic (exact) mass is 477 g/mol.